The van der Waals surface area contributed by atoms with Crippen LogP contribution in [-0.4, -0.2) is 10.0 Å². The molecule has 0 aliphatic heterocycles. The van der Waals surface area contributed by atoms with E-state index in [1.54, 1.807) is 13.8 Å². The Kier molecular flexibility index (Phi) is 2.69. The first kappa shape index (κ1) is 10.4. The normalized spacial score (nSPS) is 10.6. The molecule has 0 saturated carbocycles. The molecule has 76 valence electrons. The lowest BCUT2D eigenvalue weighted by molar-refractivity contribution is -0.387. The first-order valence-electron chi connectivity index (χ1n) is 4.10. The summed E-state index contributed by atoms with van der Waals surface area (Å²) in [7, 11) is 0. The molecule has 5 heteroatoms. The van der Waals surface area contributed by atoms with Crippen LogP contribution in [0.4, 0.5) is 10.1 Å². The van der Waals surface area contributed by atoms with E-state index < -0.39 is 16.4 Å². The third-order valence-corrected chi connectivity index (χ3v) is 1.91. The number of hydrogen-bond acceptors (Lipinski definition) is 3. The summed E-state index contributed by atoms with van der Waals surface area (Å²) < 4.78 is 13.1. The van der Waals surface area contributed by atoms with Gasteiger partial charge in [-0.3, -0.25) is 10.1 Å². The molecular formula is C9H10FNO3. The van der Waals surface area contributed by atoms with Gasteiger partial charge in [-0.05, 0) is 17.5 Å². The van der Waals surface area contributed by atoms with Crippen molar-refractivity contribution in [2.24, 2.45) is 0 Å². The second-order valence-electron chi connectivity index (χ2n) is 3.27. The highest BCUT2D eigenvalue weighted by Gasteiger charge is 2.18. The predicted octanol–water partition coefficient (Wildman–Crippen LogP) is 2.56. The van der Waals surface area contributed by atoms with Crippen molar-refractivity contribution in [3.05, 3.63) is 33.6 Å². The molecule has 0 spiro atoms. The predicted molar refractivity (Wildman–Crippen MR) is 48.8 cm³/mol. The fourth-order valence-electron chi connectivity index (χ4n) is 1.17. The smallest absolute Gasteiger partial charge is 0.308 e. The van der Waals surface area contributed by atoms with Crippen LogP contribution in [0.15, 0.2) is 12.1 Å². The van der Waals surface area contributed by atoms with Gasteiger partial charge >= 0.3 is 5.69 Å². The standard InChI is InChI=1S/C9H10FNO3/c1-5(2)6-3-7(10)8(11(13)14)4-9(6)12/h3-5,12H,1-2H3. The average molecular weight is 199 g/mol. The zero-order chi connectivity index (χ0) is 10.9. The quantitative estimate of drug-likeness (QED) is 0.588. The van der Waals surface area contributed by atoms with E-state index in [4.69, 9.17) is 0 Å². The van der Waals surface area contributed by atoms with Crippen molar-refractivity contribution in [2.75, 3.05) is 0 Å². The summed E-state index contributed by atoms with van der Waals surface area (Å²) in [6, 6.07) is 1.84. The topological polar surface area (TPSA) is 63.4 Å². The van der Waals surface area contributed by atoms with Crippen LogP contribution in [-0.2, 0) is 0 Å². The minimum atomic E-state index is -0.920. The van der Waals surface area contributed by atoms with Gasteiger partial charge in [0.15, 0.2) is 0 Å². The zero-order valence-electron chi connectivity index (χ0n) is 7.82. The SMILES string of the molecule is CC(C)c1cc(F)c([N+](=O)[O-])cc1O. The van der Waals surface area contributed by atoms with E-state index >= 15 is 0 Å². The lowest BCUT2D eigenvalue weighted by Crippen LogP contribution is -1.96. The third kappa shape index (κ3) is 1.81. The van der Waals surface area contributed by atoms with Crippen LogP contribution in [0.1, 0.15) is 25.3 Å². The zero-order valence-corrected chi connectivity index (χ0v) is 7.82. The van der Waals surface area contributed by atoms with Crippen molar-refractivity contribution in [1.29, 1.82) is 0 Å². The first-order chi connectivity index (χ1) is 6.43. The summed E-state index contributed by atoms with van der Waals surface area (Å²) in [4.78, 5) is 9.45. The van der Waals surface area contributed by atoms with E-state index in [0.29, 0.717) is 5.56 Å². The Morgan fingerprint density at radius 2 is 2.07 bits per heavy atom. The second-order valence-corrected chi connectivity index (χ2v) is 3.27. The van der Waals surface area contributed by atoms with Crippen molar-refractivity contribution in [2.45, 2.75) is 19.8 Å². The number of aromatic hydroxyl groups is 1. The molecule has 0 radical (unpaired) electrons. The molecule has 0 atom stereocenters. The molecule has 1 N–H and O–H groups in total. The maximum atomic E-state index is 13.1. The summed E-state index contributed by atoms with van der Waals surface area (Å²) in [5, 5.41) is 19.7. The highest BCUT2D eigenvalue weighted by Crippen LogP contribution is 2.31. The van der Waals surface area contributed by atoms with E-state index in [-0.39, 0.29) is 11.7 Å². The fraction of sp³-hybridized carbons (Fsp3) is 0.333. The van der Waals surface area contributed by atoms with Crippen LogP contribution in [0.3, 0.4) is 0 Å². The Balaban J connectivity index is 3.31. The Hall–Kier alpha value is -1.65. The molecule has 4 nitrogen and oxygen atoms in total. The average Bonchev–Trinajstić information content (AvgIpc) is 2.07. The Morgan fingerprint density at radius 1 is 1.50 bits per heavy atom. The Labute approximate surface area is 80.1 Å². The number of rotatable bonds is 2. The number of benzene rings is 1. The van der Waals surface area contributed by atoms with Gasteiger partial charge in [0.2, 0.25) is 5.82 Å². The molecule has 0 amide bonds. The number of nitro groups is 1. The van der Waals surface area contributed by atoms with Gasteiger partial charge < -0.3 is 5.11 Å². The first-order valence-corrected chi connectivity index (χ1v) is 4.10. The van der Waals surface area contributed by atoms with Crippen molar-refractivity contribution < 1.29 is 14.4 Å². The molecule has 14 heavy (non-hydrogen) atoms. The Morgan fingerprint density at radius 3 is 2.50 bits per heavy atom. The molecule has 0 saturated heterocycles. The largest absolute Gasteiger partial charge is 0.507 e. The number of phenolic OH excluding ortho intramolecular Hbond substituents is 1. The van der Waals surface area contributed by atoms with Crippen molar-refractivity contribution in [3.63, 3.8) is 0 Å². The molecule has 0 aliphatic rings. The molecule has 1 aromatic rings. The minimum Gasteiger partial charge on any atom is -0.507 e. The van der Waals surface area contributed by atoms with E-state index in [1.165, 1.54) is 0 Å². The molecule has 0 aliphatic carbocycles. The maximum Gasteiger partial charge on any atom is 0.308 e. The van der Waals surface area contributed by atoms with Gasteiger partial charge in [-0.15, -0.1) is 0 Å². The van der Waals surface area contributed by atoms with Crippen LogP contribution in [0, 0.1) is 15.9 Å². The third-order valence-electron chi connectivity index (χ3n) is 1.91. The van der Waals surface area contributed by atoms with E-state index in [1.807, 2.05) is 0 Å². The number of hydrogen-bond donors (Lipinski definition) is 1. The summed E-state index contributed by atoms with van der Waals surface area (Å²) in [6.07, 6.45) is 0. The van der Waals surface area contributed by atoms with E-state index in [9.17, 15) is 19.6 Å². The summed E-state index contributed by atoms with van der Waals surface area (Å²) in [5.74, 6) is -1.24. The lowest BCUT2D eigenvalue weighted by Gasteiger charge is -2.07. The summed E-state index contributed by atoms with van der Waals surface area (Å²) in [6.45, 7) is 3.53. The molecule has 0 bridgehead atoms. The van der Waals surface area contributed by atoms with Crippen LogP contribution in [0.2, 0.25) is 0 Å². The molecule has 0 fully saturated rings. The van der Waals surface area contributed by atoms with Crippen LogP contribution >= 0.6 is 0 Å². The van der Waals surface area contributed by atoms with E-state index in [0.717, 1.165) is 12.1 Å². The van der Waals surface area contributed by atoms with Gasteiger partial charge in [0.05, 0.1) is 11.0 Å². The monoisotopic (exact) mass is 199 g/mol. The van der Waals surface area contributed by atoms with Gasteiger partial charge in [0.1, 0.15) is 5.75 Å². The molecule has 1 aromatic carbocycles. The number of halogens is 1. The number of phenols is 1. The Bertz CT molecular complexity index is 377. The number of nitro benzene ring substituents is 1. The van der Waals surface area contributed by atoms with Gasteiger partial charge in [-0.2, -0.15) is 4.39 Å². The molecule has 1 rings (SSSR count). The summed E-state index contributed by atoms with van der Waals surface area (Å²) in [5.41, 5.74) is -0.333. The highest BCUT2D eigenvalue weighted by molar-refractivity contribution is 5.45. The van der Waals surface area contributed by atoms with E-state index in [2.05, 4.69) is 0 Å². The van der Waals surface area contributed by atoms with Crippen LogP contribution < -0.4 is 0 Å². The van der Waals surface area contributed by atoms with Gasteiger partial charge in [-0.25, -0.2) is 0 Å². The maximum absolute atomic E-state index is 13.1. The van der Waals surface area contributed by atoms with Crippen molar-refractivity contribution >= 4 is 5.69 Å². The molecular weight excluding hydrogens is 189 g/mol. The number of nitrogens with zero attached hydrogens (tertiary/aromatic N) is 1. The van der Waals surface area contributed by atoms with Crippen LogP contribution in [0.5, 0.6) is 5.75 Å². The van der Waals surface area contributed by atoms with Gasteiger partial charge in [0, 0.05) is 0 Å². The molecule has 0 aromatic heterocycles. The van der Waals surface area contributed by atoms with Crippen LogP contribution in [0.25, 0.3) is 0 Å². The van der Waals surface area contributed by atoms with Crippen molar-refractivity contribution in [1.82, 2.24) is 0 Å². The molecule has 0 unspecified atom stereocenters. The minimum absolute atomic E-state index is 0.0784. The summed E-state index contributed by atoms with van der Waals surface area (Å²) >= 11 is 0. The second kappa shape index (κ2) is 3.61. The van der Waals surface area contributed by atoms with Crippen molar-refractivity contribution in [3.8, 4) is 5.75 Å². The van der Waals surface area contributed by atoms with Gasteiger partial charge in [-0.1, -0.05) is 13.8 Å². The lowest BCUT2D eigenvalue weighted by atomic mass is 10.0. The van der Waals surface area contributed by atoms with Gasteiger partial charge in [0.25, 0.3) is 0 Å². The highest BCUT2D eigenvalue weighted by atomic mass is 19.1. The fourth-order valence-corrected chi connectivity index (χ4v) is 1.17. The molecule has 0 heterocycles.